The average molecular weight is 228 g/mol. The quantitative estimate of drug-likeness (QED) is 0.738. The Labute approximate surface area is 98.0 Å². The van der Waals surface area contributed by atoms with Crippen LogP contribution in [-0.2, 0) is 4.79 Å². The first kappa shape index (κ1) is 13.5. The number of nitrogens with zero attached hydrogens (tertiary/aromatic N) is 1. The Hall–Kier alpha value is -0.610. The first-order valence-electron chi connectivity index (χ1n) is 6.17. The molecule has 16 heavy (non-hydrogen) atoms. The number of carboxylic acids is 1. The maximum absolute atomic E-state index is 11.1. The number of rotatable bonds is 5. The van der Waals surface area contributed by atoms with Crippen LogP contribution in [0, 0.1) is 11.8 Å². The van der Waals surface area contributed by atoms with Gasteiger partial charge in [0.2, 0.25) is 0 Å². The van der Waals surface area contributed by atoms with Crippen molar-refractivity contribution in [3.8, 4) is 0 Å². The molecular weight excluding hydrogens is 204 g/mol. The lowest BCUT2D eigenvalue weighted by molar-refractivity contribution is -0.141. The van der Waals surface area contributed by atoms with Gasteiger partial charge >= 0.3 is 5.97 Å². The zero-order valence-corrected chi connectivity index (χ0v) is 10.6. The molecule has 0 spiro atoms. The van der Waals surface area contributed by atoms with Crippen molar-refractivity contribution in [1.29, 1.82) is 0 Å². The second-order valence-electron chi connectivity index (χ2n) is 5.16. The minimum Gasteiger partial charge on any atom is -0.480 e. The summed E-state index contributed by atoms with van der Waals surface area (Å²) in [6.45, 7) is 7.51. The summed E-state index contributed by atoms with van der Waals surface area (Å²) in [5.41, 5.74) is 0. The molecule has 0 aromatic carbocycles. The molecular formula is C12H24N2O2. The summed E-state index contributed by atoms with van der Waals surface area (Å²) < 4.78 is 0. The van der Waals surface area contributed by atoms with E-state index in [0.717, 1.165) is 32.5 Å². The van der Waals surface area contributed by atoms with Crippen LogP contribution in [0.5, 0.6) is 0 Å². The van der Waals surface area contributed by atoms with E-state index < -0.39 is 12.0 Å². The largest absolute Gasteiger partial charge is 0.480 e. The van der Waals surface area contributed by atoms with Crippen LogP contribution in [0.25, 0.3) is 0 Å². The number of likely N-dealkylation sites (N-methyl/N-ethyl adjacent to an activating group) is 1. The van der Waals surface area contributed by atoms with Crippen LogP contribution in [0.15, 0.2) is 0 Å². The van der Waals surface area contributed by atoms with Crippen molar-refractivity contribution in [2.45, 2.75) is 32.7 Å². The molecule has 0 aromatic heterocycles. The fourth-order valence-corrected chi connectivity index (χ4v) is 2.61. The molecule has 1 fully saturated rings. The molecule has 1 rings (SSSR count). The lowest BCUT2D eigenvalue weighted by Crippen LogP contribution is -2.49. The molecule has 0 saturated carbocycles. The van der Waals surface area contributed by atoms with E-state index in [1.54, 1.807) is 7.05 Å². The molecule has 2 unspecified atom stereocenters. The Kier molecular flexibility index (Phi) is 5.22. The number of aliphatic carboxylic acids is 1. The lowest BCUT2D eigenvalue weighted by atomic mass is 9.90. The summed E-state index contributed by atoms with van der Waals surface area (Å²) in [5, 5.41) is 12.0. The Balaban J connectivity index is 2.51. The monoisotopic (exact) mass is 228 g/mol. The fraction of sp³-hybridized carbons (Fsp3) is 0.917. The molecule has 0 radical (unpaired) electrons. The number of carbonyl (C=O) groups is 1. The molecule has 0 amide bonds. The Morgan fingerprint density at radius 1 is 1.56 bits per heavy atom. The van der Waals surface area contributed by atoms with Crippen LogP contribution < -0.4 is 5.32 Å². The third-order valence-corrected chi connectivity index (χ3v) is 3.21. The molecule has 1 aliphatic heterocycles. The van der Waals surface area contributed by atoms with Crippen molar-refractivity contribution in [3.63, 3.8) is 0 Å². The van der Waals surface area contributed by atoms with E-state index in [1.807, 2.05) is 0 Å². The Morgan fingerprint density at radius 2 is 2.25 bits per heavy atom. The third-order valence-electron chi connectivity index (χ3n) is 3.21. The van der Waals surface area contributed by atoms with Crippen molar-refractivity contribution in [1.82, 2.24) is 10.2 Å². The van der Waals surface area contributed by atoms with Gasteiger partial charge in [0, 0.05) is 13.1 Å². The van der Waals surface area contributed by atoms with Crippen LogP contribution >= 0.6 is 0 Å². The second-order valence-corrected chi connectivity index (χ2v) is 5.16. The predicted octanol–water partition coefficient (Wildman–Crippen LogP) is 1.03. The highest BCUT2D eigenvalue weighted by Gasteiger charge is 2.30. The van der Waals surface area contributed by atoms with E-state index in [-0.39, 0.29) is 5.92 Å². The molecule has 0 bridgehead atoms. The van der Waals surface area contributed by atoms with E-state index in [9.17, 15) is 4.79 Å². The van der Waals surface area contributed by atoms with E-state index in [0.29, 0.717) is 5.92 Å². The van der Waals surface area contributed by atoms with Gasteiger partial charge in [0.25, 0.3) is 0 Å². The van der Waals surface area contributed by atoms with Crippen LogP contribution in [0.4, 0.5) is 0 Å². The smallest absolute Gasteiger partial charge is 0.321 e. The highest BCUT2D eigenvalue weighted by atomic mass is 16.4. The van der Waals surface area contributed by atoms with Gasteiger partial charge < -0.3 is 15.3 Å². The Bertz CT molecular complexity index is 231. The zero-order chi connectivity index (χ0) is 12.1. The zero-order valence-electron chi connectivity index (χ0n) is 10.6. The van der Waals surface area contributed by atoms with Gasteiger partial charge in [-0.2, -0.15) is 0 Å². The van der Waals surface area contributed by atoms with Gasteiger partial charge in [-0.15, -0.1) is 0 Å². The summed E-state index contributed by atoms with van der Waals surface area (Å²) in [4.78, 5) is 13.5. The SMILES string of the molecule is CNC(C(=O)O)C1CCCN(CC(C)C)C1. The fourth-order valence-electron chi connectivity index (χ4n) is 2.61. The number of hydrogen-bond acceptors (Lipinski definition) is 3. The molecule has 2 N–H and O–H groups in total. The van der Waals surface area contributed by atoms with Crippen LogP contribution in [0.1, 0.15) is 26.7 Å². The average Bonchev–Trinajstić information content (AvgIpc) is 2.17. The molecule has 1 saturated heterocycles. The summed E-state index contributed by atoms with van der Waals surface area (Å²) in [7, 11) is 1.74. The predicted molar refractivity (Wildman–Crippen MR) is 64.5 cm³/mol. The summed E-state index contributed by atoms with van der Waals surface area (Å²) in [6.07, 6.45) is 2.13. The minimum absolute atomic E-state index is 0.245. The maximum Gasteiger partial charge on any atom is 0.321 e. The number of hydrogen-bond donors (Lipinski definition) is 2. The van der Waals surface area contributed by atoms with Gasteiger partial charge in [0.1, 0.15) is 6.04 Å². The van der Waals surface area contributed by atoms with Gasteiger partial charge in [-0.05, 0) is 38.3 Å². The third kappa shape index (κ3) is 3.76. The number of likely N-dealkylation sites (tertiary alicyclic amines) is 1. The van der Waals surface area contributed by atoms with Crippen molar-refractivity contribution >= 4 is 5.97 Å². The standard InChI is InChI=1S/C12H24N2O2/c1-9(2)7-14-6-4-5-10(8-14)11(13-3)12(15)16/h9-11,13H,4-8H2,1-3H3,(H,15,16). The minimum atomic E-state index is -0.723. The highest BCUT2D eigenvalue weighted by molar-refractivity contribution is 5.73. The van der Waals surface area contributed by atoms with Crippen molar-refractivity contribution in [3.05, 3.63) is 0 Å². The Morgan fingerprint density at radius 3 is 2.75 bits per heavy atom. The second kappa shape index (κ2) is 6.21. The molecule has 4 heteroatoms. The van der Waals surface area contributed by atoms with E-state index in [2.05, 4.69) is 24.1 Å². The molecule has 0 aliphatic carbocycles. The number of nitrogens with one attached hydrogen (secondary N) is 1. The van der Waals surface area contributed by atoms with E-state index >= 15 is 0 Å². The molecule has 94 valence electrons. The van der Waals surface area contributed by atoms with Gasteiger partial charge in [0.05, 0.1) is 0 Å². The molecule has 1 aliphatic rings. The highest BCUT2D eigenvalue weighted by Crippen LogP contribution is 2.20. The van der Waals surface area contributed by atoms with Crippen LogP contribution in [0.2, 0.25) is 0 Å². The lowest BCUT2D eigenvalue weighted by Gasteiger charge is -2.36. The van der Waals surface area contributed by atoms with Gasteiger partial charge in [-0.25, -0.2) is 0 Å². The van der Waals surface area contributed by atoms with E-state index in [4.69, 9.17) is 5.11 Å². The van der Waals surface area contributed by atoms with Crippen molar-refractivity contribution in [2.75, 3.05) is 26.7 Å². The molecule has 1 heterocycles. The topological polar surface area (TPSA) is 52.6 Å². The summed E-state index contributed by atoms with van der Waals surface area (Å²) in [5.74, 6) is 0.172. The first-order valence-corrected chi connectivity index (χ1v) is 6.17. The van der Waals surface area contributed by atoms with Crippen LogP contribution in [-0.4, -0.2) is 48.7 Å². The summed E-state index contributed by atoms with van der Waals surface area (Å²) >= 11 is 0. The number of carboxylic acid groups (broad SMARTS) is 1. The van der Waals surface area contributed by atoms with Crippen molar-refractivity contribution < 1.29 is 9.90 Å². The molecule has 0 aromatic rings. The van der Waals surface area contributed by atoms with Gasteiger partial charge in [0.15, 0.2) is 0 Å². The molecule has 4 nitrogen and oxygen atoms in total. The summed E-state index contributed by atoms with van der Waals surface area (Å²) in [6, 6.07) is -0.394. The van der Waals surface area contributed by atoms with E-state index in [1.165, 1.54) is 0 Å². The van der Waals surface area contributed by atoms with Crippen LogP contribution in [0.3, 0.4) is 0 Å². The van der Waals surface area contributed by atoms with Gasteiger partial charge in [-0.1, -0.05) is 13.8 Å². The number of piperidine rings is 1. The van der Waals surface area contributed by atoms with Gasteiger partial charge in [-0.3, -0.25) is 4.79 Å². The first-order chi connectivity index (χ1) is 7.54. The van der Waals surface area contributed by atoms with Crippen molar-refractivity contribution in [2.24, 2.45) is 11.8 Å². The molecule has 2 atom stereocenters. The maximum atomic E-state index is 11.1. The normalized spacial score (nSPS) is 24.6.